The average molecular weight is 330 g/mol. The molecular formula is C17H14O5S. The smallest absolute Gasteiger partial charge is 0.337 e. The Balaban J connectivity index is 1.86. The van der Waals surface area contributed by atoms with Gasteiger partial charge >= 0.3 is 11.9 Å². The van der Waals surface area contributed by atoms with Crippen molar-refractivity contribution in [3.05, 3.63) is 63.9 Å². The first-order chi connectivity index (χ1) is 11.1. The summed E-state index contributed by atoms with van der Waals surface area (Å²) in [5, 5.41) is 1.78. The Kier molecular flexibility index (Phi) is 5.82. The predicted octanol–water partition coefficient (Wildman–Crippen LogP) is 2.97. The van der Waals surface area contributed by atoms with Crippen molar-refractivity contribution in [2.75, 3.05) is 13.7 Å². The Labute approximate surface area is 137 Å². The lowest BCUT2D eigenvalue weighted by Crippen LogP contribution is -2.11. The minimum Gasteiger partial charge on any atom is -0.465 e. The third-order valence-corrected chi connectivity index (χ3v) is 3.80. The van der Waals surface area contributed by atoms with Crippen molar-refractivity contribution in [3.63, 3.8) is 0 Å². The van der Waals surface area contributed by atoms with Gasteiger partial charge in [0.1, 0.15) is 0 Å². The number of ketones is 1. The average Bonchev–Trinajstić information content (AvgIpc) is 3.12. The number of thiophene rings is 1. The molecule has 1 aromatic heterocycles. The van der Waals surface area contributed by atoms with Crippen molar-refractivity contribution in [1.29, 1.82) is 0 Å². The Hall–Kier alpha value is -2.73. The highest BCUT2D eigenvalue weighted by Gasteiger charge is 2.09. The number of methoxy groups -OCH3 is 1. The van der Waals surface area contributed by atoms with Gasteiger partial charge < -0.3 is 9.47 Å². The highest BCUT2D eigenvalue weighted by atomic mass is 32.1. The number of benzene rings is 1. The summed E-state index contributed by atoms with van der Waals surface area (Å²) in [7, 11) is 1.31. The van der Waals surface area contributed by atoms with Crippen molar-refractivity contribution in [2.24, 2.45) is 0 Å². The van der Waals surface area contributed by atoms with Gasteiger partial charge in [-0.2, -0.15) is 0 Å². The molecule has 0 aliphatic heterocycles. The molecule has 0 fully saturated rings. The van der Waals surface area contributed by atoms with Gasteiger partial charge in [0.2, 0.25) is 5.78 Å². The van der Waals surface area contributed by atoms with Crippen LogP contribution in [0.5, 0.6) is 0 Å². The third-order valence-electron chi connectivity index (χ3n) is 2.89. The summed E-state index contributed by atoms with van der Waals surface area (Å²) in [4.78, 5) is 35.1. The first-order valence-electron chi connectivity index (χ1n) is 6.70. The summed E-state index contributed by atoms with van der Waals surface area (Å²) >= 11 is 1.30. The van der Waals surface area contributed by atoms with Gasteiger partial charge in [-0.3, -0.25) is 4.79 Å². The highest BCUT2D eigenvalue weighted by Crippen LogP contribution is 2.10. The number of esters is 2. The fourth-order valence-corrected chi connectivity index (χ4v) is 2.36. The molecule has 0 radical (unpaired) electrons. The minimum absolute atomic E-state index is 0.232. The quantitative estimate of drug-likeness (QED) is 0.463. The normalized spacial score (nSPS) is 10.5. The lowest BCUT2D eigenvalue weighted by molar-refractivity contribution is -0.136. The van der Waals surface area contributed by atoms with Crippen LogP contribution in [0.4, 0.5) is 0 Å². The van der Waals surface area contributed by atoms with Crippen LogP contribution in [0.3, 0.4) is 0 Å². The lowest BCUT2D eigenvalue weighted by atomic mass is 10.1. The number of hydrogen-bond donors (Lipinski definition) is 0. The van der Waals surface area contributed by atoms with Gasteiger partial charge in [-0.05, 0) is 35.2 Å². The molecule has 2 rings (SSSR count). The van der Waals surface area contributed by atoms with Crippen molar-refractivity contribution in [1.82, 2.24) is 0 Å². The molecule has 1 aromatic carbocycles. The summed E-state index contributed by atoms with van der Waals surface area (Å²) in [6, 6.07) is 9.98. The second-order valence-corrected chi connectivity index (χ2v) is 5.40. The fourth-order valence-electron chi connectivity index (χ4n) is 1.71. The van der Waals surface area contributed by atoms with E-state index in [1.54, 1.807) is 47.9 Å². The monoisotopic (exact) mass is 330 g/mol. The molecule has 0 N–H and O–H groups in total. The van der Waals surface area contributed by atoms with Gasteiger partial charge in [-0.25, -0.2) is 9.59 Å². The number of carbonyl (C=O) groups is 3. The van der Waals surface area contributed by atoms with Crippen LogP contribution in [0, 0.1) is 0 Å². The van der Waals surface area contributed by atoms with Crippen LogP contribution >= 0.6 is 11.3 Å². The summed E-state index contributed by atoms with van der Waals surface area (Å²) in [5.74, 6) is -1.26. The summed E-state index contributed by atoms with van der Waals surface area (Å²) in [5.41, 5.74) is 1.15. The van der Waals surface area contributed by atoms with E-state index >= 15 is 0 Å². The summed E-state index contributed by atoms with van der Waals surface area (Å²) < 4.78 is 9.48. The number of carbonyl (C=O) groups excluding carboxylic acids is 3. The Morgan fingerprint density at radius 2 is 1.87 bits per heavy atom. The maximum atomic E-state index is 11.7. The standard InChI is InChI=1S/C17H14O5S/c1-21-17(20)13-7-4-12(5-8-13)6-9-16(19)22-11-14(18)15-3-2-10-23-15/h2-10H,11H2,1H3/b9-6+. The number of rotatable bonds is 6. The zero-order valence-electron chi connectivity index (χ0n) is 12.4. The maximum absolute atomic E-state index is 11.7. The van der Waals surface area contributed by atoms with Crippen molar-refractivity contribution in [2.45, 2.75) is 0 Å². The van der Waals surface area contributed by atoms with E-state index in [0.29, 0.717) is 10.4 Å². The second-order valence-electron chi connectivity index (χ2n) is 4.46. The van der Waals surface area contributed by atoms with Gasteiger partial charge in [-0.15, -0.1) is 11.3 Å². The fraction of sp³-hybridized carbons (Fsp3) is 0.118. The topological polar surface area (TPSA) is 69.7 Å². The Morgan fingerprint density at radius 3 is 2.48 bits per heavy atom. The van der Waals surface area contributed by atoms with Gasteiger partial charge in [0.15, 0.2) is 6.61 Å². The molecule has 0 saturated carbocycles. The molecule has 0 aliphatic carbocycles. The molecule has 0 bridgehead atoms. The molecule has 0 spiro atoms. The maximum Gasteiger partial charge on any atom is 0.337 e. The minimum atomic E-state index is -0.605. The number of hydrogen-bond acceptors (Lipinski definition) is 6. The van der Waals surface area contributed by atoms with E-state index in [0.717, 1.165) is 5.56 Å². The lowest BCUT2D eigenvalue weighted by Gasteiger charge is -2.00. The van der Waals surface area contributed by atoms with Gasteiger partial charge in [0, 0.05) is 6.08 Å². The molecule has 118 valence electrons. The van der Waals surface area contributed by atoms with Crippen molar-refractivity contribution < 1.29 is 23.9 Å². The first kappa shape index (κ1) is 16.6. The van der Waals surface area contributed by atoms with E-state index in [-0.39, 0.29) is 12.4 Å². The van der Waals surface area contributed by atoms with Crippen molar-refractivity contribution >= 4 is 35.1 Å². The Morgan fingerprint density at radius 1 is 1.13 bits per heavy atom. The molecule has 0 atom stereocenters. The molecule has 1 heterocycles. The highest BCUT2D eigenvalue weighted by molar-refractivity contribution is 7.12. The molecule has 0 amide bonds. The summed E-state index contributed by atoms with van der Waals surface area (Å²) in [6.07, 6.45) is 2.77. The van der Waals surface area contributed by atoms with E-state index in [1.807, 2.05) is 0 Å². The van der Waals surface area contributed by atoms with Gasteiger partial charge in [0.25, 0.3) is 0 Å². The molecule has 5 nitrogen and oxygen atoms in total. The molecule has 0 unspecified atom stereocenters. The first-order valence-corrected chi connectivity index (χ1v) is 7.58. The Bertz CT molecular complexity index is 714. The van der Waals surface area contributed by atoms with E-state index in [2.05, 4.69) is 4.74 Å². The van der Waals surface area contributed by atoms with E-state index in [4.69, 9.17) is 4.74 Å². The van der Waals surface area contributed by atoms with E-state index in [1.165, 1.54) is 24.5 Å². The van der Waals surface area contributed by atoms with Crippen LogP contribution in [0.2, 0.25) is 0 Å². The largest absolute Gasteiger partial charge is 0.465 e. The SMILES string of the molecule is COC(=O)c1ccc(/C=C/C(=O)OCC(=O)c2cccs2)cc1. The molecule has 0 saturated heterocycles. The van der Waals surface area contributed by atoms with Crippen LogP contribution in [0.1, 0.15) is 25.6 Å². The van der Waals surface area contributed by atoms with Gasteiger partial charge in [-0.1, -0.05) is 18.2 Å². The van der Waals surface area contributed by atoms with Crippen LogP contribution in [-0.4, -0.2) is 31.4 Å². The summed E-state index contributed by atoms with van der Waals surface area (Å²) in [6.45, 7) is -0.287. The third kappa shape index (κ3) is 4.89. The van der Waals surface area contributed by atoms with E-state index in [9.17, 15) is 14.4 Å². The molecule has 0 aliphatic rings. The van der Waals surface area contributed by atoms with Gasteiger partial charge in [0.05, 0.1) is 17.6 Å². The van der Waals surface area contributed by atoms with Crippen LogP contribution in [0.25, 0.3) is 6.08 Å². The van der Waals surface area contributed by atoms with Crippen LogP contribution in [0.15, 0.2) is 47.9 Å². The molecule has 6 heteroatoms. The van der Waals surface area contributed by atoms with Crippen LogP contribution < -0.4 is 0 Å². The molecular weight excluding hydrogens is 316 g/mol. The van der Waals surface area contributed by atoms with E-state index < -0.39 is 11.9 Å². The number of Topliss-reactive ketones (excluding diaryl/α,β-unsaturated/α-hetero) is 1. The predicted molar refractivity (Wildman–Crippen MR) is 86.4 cm³/mol. The second kappa shape index (κ2) is 8.05. The van der Waals surface area contributed by atoms with Crippen molar-refractivity contribution in [3.8, 4) is 0 Å². The molecule has 23 heavy (non-hydrogen) atoms. The zero-order chi connectivity index (χ0) is 16.7. The van der Waals surface area contributed by atoms with Crippen LogP contribution in [-0.2, 0) is 14.3 Å². The molecule has 2 aromatic rings. The zero-order valence-corrected chi connectivity index (χ0v) is 13.2. The number of ether oxygens (including phenoxy) is 2.